The van der Waals surface area contributed by atoms with E-state index in [9.17, 15) is 0 Å². The van der Waals surface area contributed by atoms with Crippen LogP contribution in [0.2, 0.25) is 0 Å². The molecule has 2 rings (SSSR count). The lowest BCUT2D eigenvalue weighted by atomic mass is 10.1. The highest BCUT2D eigenvalue weighted by molar-refractivity contribution is 5.45. The normalized spacial score (nSPS) is 21.8. The first-order valence-corrected chi connectivity index (χ1v) is 4.78. The largest absolute Gasteiger partial charge is 0.373 e. The van der Waals surface area contributed by atoms with Crippen LogP contribution in [0.25, 0.3) is 0 Å². The summed E-state index contributed by atoms with van der Waals surface area (Å²) in [5.41, 5.74) is 1.29. The minimum Gasteiger partial charge on any atom is -0.373 e. The summed E-state index contributed by atoms with van der Waals surface area (Å²) in [5.74, 6) is 1.00. The number of pyridine rings is 1. The van der Waals surface area contributed by atoms with Crippen LogP contribution in [0.3, 0.4) is 0 Å². The molecule has 1 saturated heterocycles. The molecule has 0 radical (unpaired) electrons. The average Bonchev–Trinajstić information content (AvgIpc) is 2.70. The average molecular weight is 177 g/mol. The second-order valence-electron chi connectivity index (χ2n) is 3.34. The van der Waals surface area contributed by atoms with Crippen molar-refractivity contribution in [1.82, 2.24) is 10.3 Å². The van der Waals surface area contributed by atoms with Crippen molar-refractivity contribution in [3.63, 3.8) is 0 Å². The Balaban J connectivity index is 2.26. The van der Waals surface area contributed by atoms with Crippen molar-refractivity contribution in [2.75, 3.05) is 18.9 Å². The van der Waals surface area contributed by atoms with E-state index in [1.807, 2.05) is 19.3 Å². The number of anilines is 1. The number of hydrogen-bond donors (Lipinski definition) is 2. The summed E-state index contributed by atoms with van der Waals surface area (Å²) in [6.45, 7) is 1.13. The molecule has 2 N–H and O–H groups in total. The van der Waals surface area contributed by atoms with E-state index in [0.29, 0.717) is 6.04 Å². The monoisotopic (exact) mass is 177 g/mol. The first-order valence-electron chi connectivity index (χ1n) is 4.78. The van der Waals surface area contributed by atoms with E-state index in [1.54, 1.807) is 0 Å². The molecule has 1 atom stereocenters. The Kier molecular flexibility index (Phi) is 2.45. The number of nitrogens with zero attached hydrogens (tertiary/aromatic N) is 1. The van der Waals surface area contributed by atoms with Gasteiger partial charge >= 0.3 is 0 Å². The SMILES string of the molecule is CNc1ncccc1[C@H]1CCCN1. The molecule has 3 nitrogen and oxygen atoms in total. The van der Waals surface area contributed by atoms with Gasteiger partial charge in [-0.15, -0.1) is 0 Å². The van der Waals surface area contributed by atoms with Crippen molar-refractivity contribution in [2.45, 2.75) is 18.9 Å². The fourth-order valence-corrected chi connectivity index (χ4v) is 1.86. The Labute approximate surface area is 78.6 Å². The standard InChI is InChI=1S/C10H15N3/c1-11-10-8(4-2-7-13-10)9-5-3-6-12-9/h2,4,7,9,12H,3,5-6H2,1H3,(H,11,13)/t9-/m1/s1. The molecule has 0 unspecified atom stereocenters. The van der Waals surface area contributed by atoms with Crippen molar-refractivity contribution in [2.24, 2.45) is 0 Å². The van der Waals surface area contributed by atoms with Gasteiger partial charge in [0.15, 0.2) is 0 Å². The summed E-state index contributed by atoms with van der Waals surface area (Å²) in [6, 6.07) is 4.63. The Bertz CT molecular complexity index is 279. The molecular weight excluding hydrogens is 162 g/mol. The predicted molar refractivity (Wildman–Crippen MR) is 53.8 cm³/mol. The topological polar surface area (TPSA) is 37.0 Å². The molecule has 0 saturated carbocycles. The summed E-state index contributed by atoms with van der Waals surface area (Å²) in [5, 5.41) is 6.59. The molecule has 0 spiro atoms. The number of rotatable bonds is 2. The third-order valence-corrected chi connectivity index (χ3v) is 2.51. The van der Waals surface area contributed by atoms with E-state index in [-0.39, 0.29) is 0 Å². The lowest BCUT2D eigenvalue weighted by molar-refractivity contribution is 0.647. The van der Waals surface area contributed by atoms with Crippen LogP contribution >= 0.6 is 0 Å². The summed E-state index contributed by atoms with van der Waals surface area (Å²) in [4.78, 5) is 4.29. The first-order chi connectivity index (χ1) is 6.42. The molecule has 0 aromatic carbocycles. The number of hydrogen-bond acceptors (Lipinski definition) is 3. The van der Waals surface area contributed by atoms with Gasteiger partial charge < -0.3 is 10.6 Å². The number of aromatic nitrogens is 1. The Morgan fingerprint density at radius 1 is 1.62 bits per heavy atom. The van der Waals surface area contributed by atoms with E-state index in [4.69, 9.17) is 0 Å². The summed E-state index contributed by atoms with van der Waals surface area (Å²) in [7, 11) is 1.92. The van der Waals surface area contributed by atoms with Crippen LogP contribution in [-0.2, 0) is 0 Å². The second kappa shape index (κ2) is 3.75. The van der Waals surface area contributed by atoms with Gasteiger partial charge in [0.25, 0.3) is 0 Å². The molecule has 1 aliphatic heterocycles. The van der Waals surface area contributed by atoms with Crippen LogP contribution in [-0.4, -0.2) is 18.6 Å². The number of nitrogens with one attached hydrogen (secondary N) is 2. The van der Waals surface area contributed by atoms with E-state index >= 15 is 0 Å². The van der Waals surface area contributed by atoms with E-state index in [1.165, 1.54) is 18.4 Å². The zero-order valence-electron chi connectivity index (χ0n) is 7.88. The molecule has 13 heavy (non-hydrogen) atoms. The van der Waals surface area contributed by atoms with E-state index in [0.717, 1.165) is 12.4 Å². The quantitative estimate of drug-likeness (QED) is 0.719. The predicted octanol–water partition coefficient (Wildman–Crippen LogP) is 1.55. The molecule has 1 aromatic rings. The molecule has 1 fully saturated rings. The smallest absolute Gasteiger partial charge is 0.130 e. The van der Waals surface area contributed by atoms with Crippen LogP contribution in [0.4, 0.5) is 5.82 Å². The van der Waals surface area contributed by atoms with Crippen LogP contribution in [0, 0.1) is 0 Å². The zero-order chi connectivity index (χ0) is 9.10. The Morgan fingerprint density at radius 2 is 2.54 bits per heavy atom. The van der Waals surface area contributed by atoms with Gasteiger partial charge in [0.2, 0.25) is 0 Å². The molecule has 2 heterocycles. The molecule has 0 amide bonds. The lowest BCUT2D eigenvalue weighted by Crippen LogP contribution is -2.14. The highest BCUT2D eigenvalue weighted by atomic mass is 15.0. The van der Waals surface area contributed by atoms with Crippen LogP contribution in [0.1, 0.15) is 24.4 Å². The summed E-state index contributed by atoms with van der Waals surface area (Å²) in [6.07, 6.45) is 4.31. The van der Waals surface area contributed by atoms with E-state index in [2.05, 4.69) is 21.7 Å². The Morgan fingerprint density at radius 3 is 3.23 bits per heavy atom. The van der Waals surface area contributed by atoms with Crippen LogP contribution in [0.15, 0.2) is 18.3 Å². The van der Waals surface area contributed by atoms with Gasteiger partial charge in [0.1, 0.15) is 5.82 Å². The second-order valence-corrected chi connectivity index (χ2v) is 3.34. The molecular formula is C10H15N3. The highest BCUT2D eigenvalue weighted by Gasteiger charge is 2.18. The van der Waals surface area contributed by atoms with Gasteiger partial charge in [-0.1, -0.05) is 6.07 Å². The maximum absolute atomic E-state index is 4.29. The fraction of sp³-hybridized carbons (Fsp3) is 0.500. The van der Waals surface area contributed by atoms with Gasteiger partial charge in [-0.3, -0.25) is 0 Å². The third kappa shape index (κ3) is 1.65. The highest BCUT2D eigenvalue weighted by Crippen LogP contribution is 2.26. The van der Waals surface area contributed by atoms with Crippen molar-refractivity contribution in [3.05, 3.63) is 23.9 Å². The van der Waals surface area contributed by atoms with Crippen LogP contribution < -0.4 is 10.6 Å². The first kappa shape index (κ1) is 8.51. The van der Waals surface area contributed by atoms with Gasteiger partial charge in [0.05, 0.1) is 0 Å². The molecule has 1 aromatic heterocycles. The van der Waals surface area contributed by atoms with Crippen molar-refractivity contribution in [3.8, 4) is 0 Å². The van der Waals surface area contributed by atoms with Crippen LogP contribution in [0.5, 0.6) is 0 Å². The van der Waals surface area contributed by atoms with Crippen molar-refractivity contribution < 1.29 is 0 Å². The minimum absolute atomic E-state index is 0.496. The summed E-state index contributed by atoms with van der Waals surface area (Å²) >= 11 is 0. The Hall–Kier alpha value is -1.09. The maximum Gasteiger partial charge on any atom is 0.130 e. The van der Waals surface area contributed by atoms with Gasteiger partial charge in [-0.05, 0) is 25.5 Å². The van der Waals surface area contributed by atoms with Gasteiger partial charge in [0, 0.05) is 24.8 Å². The molecule has 0 aliphatic carbocycles. The fourth-order valence-electron chi connectivity index (χ4n) is 1.86. The molecule has 1 aliphatic rings. The zero-order valence-corrected chi connectivity index (χ0v) is 7.88. The molecule has 3 heteroatoms. The summed E-state index contributed by atoms with van der Waals surface area (Å²) < 4.78 is 0. The van der Waals surface area contributed by atoms with E-state index < -0.39 is 0 Å². The maximum atomic E-state index is 4.29. The molecule has 0 bridgehead atoms. The molecule has 70 valence electrons. The third-order valence-electron chi connectivity index (χ3n) is 2.51. The van der Waals surface area contributed by atoms with Crippen molar-refractivity contribution in [1.29, 1.82) is 0 Å². The van der Waals surface area contributed by atoms with Gasteiger partial charge in [-0.25, -0.2) is 4.98 Å². The van der Waals surface area contributed by atoms with Gasteiger partial charge in [-0.2, -0.15) is 0 Å². The lowest BCUT2D eigenvalue weighted by Gasteiger charge is -2.13. The van der Waals surface area contributed by atoms with Crippen molar-refractivity contribution >= 4 is 5.82 Å². The minimum atomic E-state index is 0.496.